The minimum absolute atomic E-state index is 0.325. The molecule has 0 aliphatic carbocycles. The fourth-order valence-corrected chi connectivity index (χ4v) is 5.82. The summed E-state index contributed by atoms with van der Waals surface area (Å²) in [6.07, 6.45) is 0. The second-order valence-electron chi connectivity index (χ2n) is 8.17. The van der Waals surface area contributed by atoms with Crippen LogP contribution in [0, 0.1) is 0 Å². The summed E-state index contributed by atoms with van der Waals surface area (Å²) in [5.41, 5.74) is 8.01. The maximum Gasteiger partial charge on any atom is 0.268 e. The van der Waals surface area contributed by atoms with E-state index in [4.69, 9.17) is 17.3 Å². The number of amides is 3. The predicted octanol–water partition coefficient (Wildman–Crippen LogP) is 4.29. The summed E-state index contributed by atoms with van der Waals surface area (Å²) in [6.45, 7) is -0.325. The number of thioether (sulfide) groups is 1. The standard InChI is InChI=1S/C26H21ClN4O3S/c27-17-10-11-20-21(13-17)35-24(15-6-2-1-3-7-15)23(26(34)31(20)14-22(28)32)30-25(33)19-12-16-8-4-5-9-18(16)29-19/h1-13,23-24,29H,14H2,(H2,28,32)(H,30,33)/t23-,24-/m1/s1. The van der Waals surface area contributed by atoms with Crippen LogP contribution in [-0.2, 0) is 9.59 Å². The van der Waals surface area contributed by atoms with E-state index >= 15 is 0 Å². The Kier molecular flexibility index (Phi) is 6.23. The second-order valence-corrected chi connectivity index (χ2v) is 9.79. The summed E-state index contributed by atoms with van der Waals surface area (Å²) in [5.74, 6) is -1.53. The van der Waals surface area contributed by atoms with Crippen LogP contribution in [0.3, 0.4) is 0 Å². The number of carbonyl (C=O) groups is 3. The molecule has 0 saturated heterocycles. The van der Waals surface area contributed by atoms with Crippen molar-refractivity contribution < 1.29 is 14.4 Å². The molecule has 3 amide bonds. The van der Waals surface area contributed by atoms with E-state index in [1.54, 1.807) is 24.3 Å². The first-order chi connectivity index (χ1) is 16.9. The Hall–Kier alpha value is -3.75. The Morgan fingerprint density at radius 3 is 2.51 bits per heavy atom. The normalized spacial score (nSPS) is 17.6. The first-order valence-electron chi connectivity index (χ1n) is 10.9. The van der Waals surface area contributed by atoms with E-state index in [9.17, 15) is 14.4 Å². The van der Waals surface area contributed by atoms with Gasteiger partial charge in [0.25, 0.3) is 11.8 Å². The Bertz CT molecular complexity index is 1410. The van der Waals surface area contributed by atoms with E-state index in [1.807, 2.05) is 54.6 Å². The number of carbonyl (C=O) groups excluding carboxylic acids is 3. The predicted molar refractivity (Wildman–Crippen MR) is 138 cm³/mol. The fraction of sp³-hybridized carbons (Fsp3) is 0.115. The molecule has 4 N–H and O–H groups in total. The third-order valence-corrected chi connectivity index (χ3v) is 7.42. The molecule has 35 heavy (non-hydrogen) atoms. The van der Waals surface area contributed by atoms with Crippen molar-refractivity contribution >= 4 is 57.7 Å². The monoisotopic (exact) mass is 504 g/mol. The van der Waals surface area contributed by atoms with Gasteiger partial charge in [0.05, 0.1) is 10.9 Å². The van der Waals surface area contributed by atoms with Crippen molar-refractivity contribution in [1.82, 2.24) is 10.3 Å². The molecule has 2 heterocycles. The first-order valence-corrected chi connectivity index (χ1v) is 12.2. The van der Waals surface area contributed by atoms with Gasteiger partial charge in [0.1, 0.15) is 18.3 Å². The number of para-hydroxylation sites is 1. The van der Waals surface area contributed by atoms with Gasteiger partial charge in [0.2, 0.25) is 5.91 Å². The average molecular weight is 505 g/mol. The molecular formula is C26H21ClN4O3S. The highest BCUT2D eigenvalue weighted by atomic mass is 35.5. The minimum Gasteiger partial charge on any atom is -0.368 e. The Balaban J connectivity index is 1.58. The zero-order valence-corrected chi connectivity index (χ0v) is 20.0. The number of halogens is 1. The van der Waals surface area contributed by atoms with Crippen molar-refractivity contribution in [3.05, 3.63) is 95.1 Å². The third kappa shape index (κ3) is 4.62. The summed E-state index contributed by atoms with van der Waals surface area (Å²) in [5, 5.41) is 3.82. The summed E-state index contributed by atoms with van der Waals surface area (Å²) in [4.78, 5) is 44.3. The van der Waals surface area contributed by atoms with Crippen LogP contribution in [0.15, 0.2) is 83.8 Å². The number of primary amides is 1. The highest BCUT2D eigenvalue weighted by Gasteiger charge is 2.40. The zero-order valence-electron chi connectivity index (χ0n) is 18.4. The molecule has 4 aromatic rings. The highest BCUT2D eigenvalue weighted by molar-refractivity contribution is 7.99. The molecule has 0 unspecified atom stereocenters. The topological polar surface area (TPSA) is 108 Å². The fourth-order valence-electron chi connectivity index (χ4n) is 4.20. The van der Waals surface area contributed by atoms with E-state index in [0.29, 0.717) is 21.3 Å². The van der Waals surface area contributed by atoms with Gasteiger partial charge in [0.15, 0.2) is 0 Å². The van der Waals surface area contributed by atoms with E-state index in [2.05, 4.69) is 10.3 Å². The molecule has 1 aliphatic heterocycles. The molecule has 0 spiro atoms. The maximum atomic E-state index is 13.9. The van der Waals surface area contributed by atoms with Crippen LogP contribution in [0.4, 0.5) is 5.69 Å². The Labute approximate surface area is 210 Å². The van der Waals surface area contributed by atoms with Crippen molar-refractivity contribution in [2.45, 2.75) is 16.2 Å². The number of hydrogen-bond acceptors (Lipinski definition) is 4. The number of H-pyrrole nitrogens is 1. The number of anilines is 1. The Morgan fingerprint density at radius 1 is 1.03 bits per heavy atom. The van der Waals surface area contributed by atoms with Gasteiger partial charge in [-0.2, -0.15) is 0 Å². The molecule has 0 bridgehead atoms. The quantitative estimate of drug-likeness (QED) is 0.377. The van der Waals surface area contributed by atoms with E-state index in [0.717, 1.165) is 16.5 Å². The molecule has 7 nitrogen and oxygen atoms in total. The van der Waals surface area contributed by atoms with Gasteiger partial charge in [-0.25, -0.2) is 0 Å². The van der Waals surface area contributed by atoms with Gasteiger partial charge in [-0.15, -0.1) is 11.8 Å². The zero-order chi connectivity index (χ0) is 24.5. The number of nitrogens with two attached hydrogens (primary N) is 1. The summed E-state index contributed by atoms with van der Waals surface area (Å²) < 4.78 is 0. The van der Waals surface area contributed by atoms with E-state index in [1.165, 1.54) is 16.7 Å². The number of aromatic amines is 1. The molecule has 2 atom stereocenters. The second kappa shape index (κ2) is 9.48. The molecule has 1 aliphatic rings. The van der Waals surface area contributed by atoms with Crippen LogP contribution < -0.4 is 16.0 Å². The van der Waals surface area contributed by atoms with Crippen LogP contribution in [-0.4, -0.2) is 35.3 Å². The van der Waals surface area contributed by atoms with Crippen molar-refractivity contribution in [2.75, 3.05) is 11.4 Å². The molecule has 0 fully saturated rings. The lowest BCUT2D eigenvalue weighted by molar-refractivity contribution is -0.123. The van der Waals surface area contributed by atoms with Crippen LogP contribution in [0.5, 0.6) is 0 Å². The van der Waals surface area contributed by atoms with E-state index < -0.39 is 29.0 Å². The Morgan fingerprint density at radius 2 is 1.77 bits per heavy atom. The van der Waals surface area contributed by atoms with Crippen LogP contribution in [0.25, 0.3) is 10.9 Å². The lowest BCUT2D eigenvalue weighted by atomic mass is 10.0. The summed E-state index contributed by atoms with van der Waals surface area (Å²) in [6, 6.07) is 22.8. The molecule has 176 valence electrons. The molecule has 5 rings (SSSR count). The van der Waals surface area contributed by atoms with Gasteiger partial charge >= 0.3 is 0 Å². The first kappa shape index (κ1) is 23.0. The average Bonchev–Trinajstić information content (AvgIpc) is 3.25. The van der Waals surface area contributed by atoms with Gasteiger partial charge in [0, 0.05) is 20.8 Å². The molecule has 0 saturated carbocycles. The summed E-state index contributed by atoms with van der Waals surface area (Å²) >= 11 is 7.68. The van der Waals surface area contributed by atoms with Crippen molar-refractivity contribution in [1.29, 1.82) is 0 Å². The molecule has 0 radical (unpaired) electrons. The molecule has 3 aromatic carbocycles. The highest BCUT2D eigenvalue weighted by Crippen LogP contribution is 2.46. The number of fused-ring (bicyclic) bond motifs is 2. The number of rotatable bonds is 5. The number of benzene rings is 3. The number of hydrogen-bond donors (Lipinski definition) is 3. The van der Waals surface area contributed by atoms with Gasteiger partial charge in [-0.05, 0) is 35.9 Å². The van der Waals surface area contributed by atoms with E-state index in [-0.39, 0.29) is 6.54 Å². The van der Waals surface area contributed by atoms with Crippen LogP contribution >= 0.6 is 23.4 Å². The minimum atomic E-state index is -0.980. The summed E-state index contributed by atoms with van der Waals surface area (Å²) in [7, 11) is 0. The lowest BCUT2D eigenvalue weighted by Crippen LogP contribution is -2.52. The number of aromatic nitrogens is 1. The SMILES string of the molecule is NC(=O)CN1C(=O)[C@H](NC(=O)c2cc3ccccc3[nH]2)[C@@H](c2ccccc2)Sc2cc(Cl)ccc21. The van der Waals surface area contributed by atoms with Crippen molar-refractivity contribution in [2.24, 2.45) is 5.73 Å². The lowest BCUT2D eigenvalue weighted by Gasteiger charge is -2.28. The van der Waals surface area contributed by atoms with Gasteiger partial charge in [-0.3, -0.25) is 14.4 Å². The van der Waals surface area contributed by atoms with Gasteiger partial charge in [-0.1, -0.05) is 60.1 Å². The van der Waals surface area contributed by atoms with Crippen LogP contribution in [0.2, 0.25) is 5.02 Å². The number of nitrogens with zero attached hydrogens (tertiary/aromatic N) is 1. The van der Waals surface area contributed by atoms with Crippen molar-refractivity contribution in [3.8, 4) is 0 Å². The van der Waals surface area contributed by atoms with Crippen molar-refractivity contribution in [3.63, 3.8) is 0 Å². The number of nitrogens with one attached hydrogen (secondary N) is 2. The molecule has 9 heteroatoms. The molecular weight excluding hydrogens is 484 g/mol. The maximum absolute atomic E-state index is 13.9. The van der Waals surface area contributed by atoms with Gasteiger partial charge < -0.3 is 20.9 Å². The third-order valence-electron chi connectivity index (χ3n) is 5.80. The molecule has 1 aromatic heterocycles. The smallest absolute Gasteiger partial charge is 0.268 e. The largest absolute Gasteiger partial charge is 0.368 e. The van der Waals surface area contributed by atoms with Crippen LogP contribution in [0.1, 0.15) is 21.3 Å².